The number of alkyl halides is 3. The number of anilines is 1. The van der Waals surface area contributed by atoms with Crippen molar-refractivity contribution in [2.24, 2.45) is 0 Å². The number of nitrogens with zero attached hydrogens (tertiary/aromatic N) is 1. The molecule has 17 heavy (non-hydrogen) atoms. The Bertz CT molecular complexity index is 401. The van der Waals surface area contributed by atoms with E-state index in [1.54, 1.807) is 23.6 Å². The minimum absolute atomic E-state index is 0.341. The van der Waals surface area contributed by atoms with Crippen molar-refractivity contribution in [1.82, 2.24) is 5.43 Å². The number of aliphatic hydroxyl groups is 1. The molecule has 1 atom stereocenters. The van der Waals surface area contributed by atoms with Gasteiger partial charge in [0.2, 0.25) is 5.72 Å². The minimum atomic E-state index is -4.95. The van der Waals surface area contributed by atoms with E-state index in [0.717, 1.165) is 0 Å². The fourth-order valence-electron chi connectivity index (χ4n) is 1.03. The van der Waals surface area contributed by atoms with E-state index in [4.69, 9.17) is 5.26 Å². The van der Waals surface area contributed by atoms with Crippen LogP contribution in [0.5, 0.6) is 0 Å². The first-order chi connectivity index (χ1) is 7.89. The van der Waals surface area contributed by atoms with Crippen LogP contribution in [-0.2, 0) is 0 Å². The van der Waals surface area contributed by atoms with Crippen molar-refractivity contribution in [3.8, 4) is 6.07 Å². The van der Waals surface area contributed by atoms with Gasteiger partial charge in [0.1, 0.15) is 0 Å². The zero-order valence-electron chi connectivity index (χ0n) is 8.62. The number of hydrogen-bond donors (Lipinski definition) is 3. The molecular weight excluding hydrogens is 235 g/mol. The molecule has 0 aliphatic heterocycles. The van der Waals surface area contributed by atoms with Crippen molar-refractivity contribution in [2.75, 3.05) is 5.43 Å². The van der Waals surface area contributed by atoms with Crippen LogP contribution in [0.15, 0.2) is 30.3 Å². The lowest BCUT2D eigenvalue weighted by Crippen LogP contribution is -2.58. The second-order valence-corrected chi connectivity index (χ2v) is 3.31. The first-order valence-electron chi connectivity index (χ1n) is 4.63. The number of nitriles is 1. The fourth-order valence-corrected chi connectivity index (χ4v) is 1.03. The molecular formula is C10H10F3N3O. The summed E-state index contributed by atoms with van der Waals surface area (Å²) in [4.78, 5) is 0. The zero-order valence-corrected chi connectivity index (χ0v) is 8.62. The van der Waals surface area contributed by atoms with Crippen LogP contribution in [0.4, 0.5) is 18.9 Å². The van der Waals surface area contributed by atoms with Crippen molar-refractivity contribution in [3.05, 3.63) is 30.3 Å². The van der Waals surface area contributed by atoms with Crippen LogP contribution in [0.2, 0.25) is 0 Å². The van der Waals surface area contributed by atoms with Gasteiger partial charge in [0.25, 0.3) is 0 Å². The summed E-state index contributed by atoms with van der Waals surface area (Å²) in [5.74, 6) is 0. The van der Waals surface area contributed by atoms with Crippen molar-refractivity contribution in [2.45, 2.75) is 18.3 Å². The Kier molecular flexibility index (Phi) is 3.93. The number of benzene rings is 1. The maximum Gasteiger partial charge on any atom is 0.433 e. The van der Waals surface area contributed by atoms with E-state index < -0.39 is 18.3 Å². The normalized spacial score (nSPS) is 14.8. The van der Waals surface area contributed by atoms with Gasteiger partial charge >= 0.3 is 6.18 Å². The van der Waals surface area contributed by atoms with Crippen molar-refractivity contribution >= 4 is 5.69 Å². The van der Waals surface area contributed by atoms with Gasteiger partial charge in [-0.2, -0.15) is 23.9 Å². The van der Waals surface area contributed by atoms with Gasteiger partial charge in [-0.05, 0) is 12.1 Å². The van der Waals surface area contributed by atoms with E-state index in [-0.39, 0.29) is 0 Å². The van der Waals surface area contributed by atoms with Gasteiger partial charge < -0.3 is 10.5 Å². The maximum atomic E-state index is 12.5. The minimum Gasteiger partial charge on any atom is -0.366 e. The molecule has 0 aromatic heterocycles. The Morgan fingerprint density at radius 2 is 1.82 bits per heavy atom. The predicted molar refractivity (Wildman–Crippen MR) is 54.4 cm³/mol. The highest BCUT2D eigenvalue weighted by Crippen LogP contribution is 2.30. The average molecular weight is 245 g/mol. The summed E-state index contributed by atoms with van der Waals surface area (Å²) in [5.41, 5.74) is 0.978. The lowest BCUT2D eigenvalue weighted by atomic mass is 10.1. The summed E-state index contributed by atoms with van der Waals surface area (Å²) >= 11 is 0. The van der Waals surface area contributed by atoms with E-state index in [0.29, 0.717) is 5.69 Å². The molecule has 0 amide bonds. The molecule has 1 aromatic rings. The van der Waals surface area contributed by atoms with Crippen LogP contribution in [0.25, 0.3) is 0 Å². The Hall–Kier alpha value is -1.78. The Morgan fingerprint density at radius 1 is 1.24 bits per heavy atom. The molecule has 0 fully saturated rings. The molecule has 0 heterocycles. The summed E-state index contributed by atoms with van der Waals surface area (Å²) in [5, 5.41) is 17.6. The molecule has 0 spiro atoms. The second kappa shape index (κ2) is 5.03. The molecule has 92 valence electrons. The highest BCUT2D eigenvalue weighted by Gasteiger charge is 2.54. The average Bonchev–Trinajstić information content (AvgIpc) is 2.27. The lowest BCUT2D eigenvalue weighted by Gasteiger charge is -2.29. The van der Waals surface area contributed by atoms with Crippen molar-refractivity contribution in [1.29, 1.82) is 5.26 Å². The molecule has 4 nitrogen and oxygen atoms in total. The molecule has 1 unspecified atom stereocenters. The summed E-state index contributed by atoms with van der Waals surface area (Å²) in [6.45, 7) is 0. The van der Waals surface area contributed by atoms with Gasteiger partial charge in [-0.25, -0.2) is 0 Å². The number of nitrogens with one attached hydrogen (secondary N) is 2. The summed E-state index contributed by atoms with van der Waals surface area (Å²) in [6.07, 6.45) is -6.07. The van der Waals surface area contributed by atoms with Crippen LogP contribution in [0.1, 0.15) is 6.42 Å². The SMILES string of the molecule is N#CCC(O)(NNc1ccccc1)C(F)(F)F. The molecule has 1 aromatic carbocycles. The predicted octanol–water partition coefficient (Wildman–Crippen LogP) is 1.77. The third-order valence-electron chi connectivity index (χ3n) is 1.99. The third kappa shape index (κ3) is 3.34. The lowest BCUT2D eigenvalue weighted by molar-refractivity contribution is -0.268. The smallest absolute Gasteiger partial charge is 0.366 e. The molecule has 0 saturated carbocycles. The van der Waals surface area contributed by atoms with Gasteiger partial charge in [0.15, 0.2) is 0 Å². The zero-order chi connectivity index (χ0) is 12.9. The molecule has 0 radical (unpaired) electrons. The number of hydrogen-bond acceptors (Lipinski definition) is 4. The highest BCUT2D eigenvalue weighted by molar-refractivity contribution is 5.41. The van der Waals surface area contributed by atoms with Crippen molar-refractivity contribution < 1.29 is 18.3 Å². The quantitative estimate of drug-likeness (QED) is 0.558. The van der Waals surface area contributed by atoms with E-state index in [2.05, 4.69) is 5.43 Å². The number of rotatable bonds is 4. The molecule has 0 aliphatic carbocycles. The molecule has 1 rings (SSSR count). The van der Waals surface area contributed by atoms with Crippen LogP contribution >= 0.6 is 0 Å². The number of para-hydroxylation sites is 1. The van der Waals surface area contributed by atoms with E-state index >= 15 is 0 Å². The van der Waals surface area contributed by atoms with Gasteiger partial charge in [-0.15, -0.1) is 0 Å². The number of halogens is 3. The summed E-state index contributed by atoms with van der Waals surface area (Å²) in [7, 11) is 0. The largest absolute Gasteiger partial charge is 0.433 e. The maximum absolute atomic E-state index is 12.5. The van der Waals surface area contributed by atoms with Gasteiger partial charge in [0.05, 0.1) is 12.5 Å². The van der Waals surface area contributed by atoms with Gasteiger partial charge in [-0.3, -0.25) is 0 Å². The third-order valence-corrected chi connectivity index (χ3v) is 1.99. The molecule has 0 bridgehead atoms. The summed E-state index contributed by atoms with van der Waals surface area (Å²) < 4.78 is 37.5. The van der Waals surface area contributed by atoms with Crippen LogP contribution in [0.3, 0.4) is 0 Å². The molecule has 7 heteroatoms. The monoisotopic (exact) mass is 245 g/mol. The first-order valence-corrected chi connectivity index (χ1v) is 4.63. The van der Waals surface area contributed by atoms with Crippen molar-refractivity contribution in [3.63, 3.8) is 0 Å². The first kappa shape index (κ1) is 13.3. The van der Waals surface area contributed by atoms with Gasteiger partial charge in [-0.1, -0.05) is 18.2 Å². The van der Waals surface area contributed by atoms with Gasteiger partial charge in [0, 0.05) is 5.69 Å². The summed E-state index contributed by atoms with van der Waals surface area (Å²) in [6, 6.07) is 9.21. The second-order valence-electron chi connectivity index (χ2n) is 3.31. The molecule has 0 saturated heterocycles. The highest BCUT2D eigenvalue weighted by atomic mass is 19.4. The van der Waals surface area contributed by atoms with Crippen LogP contribution in [-0.4, -0.2) is 17.0 Å². The Labute approximate surface area is 95.6 Å². The fraction of sp³-hybridized carbons (Fsp3) is 0.300. The molecule has 3 N–H and O–H groups in total. The van der Waals surface area contributed by atoms with Crippen LogP contribution in [0, 0.1) is 11.3 Å². The Morgan fingerprint density at radius 3 is 2.29 bits per heavy atom. The van der Waals surface area contributed by atoms with E-state index in [1.807, 2.05) is 0 Å². The number of hydrazine groups is 1. The van der Waals surface area contributed by atoms with E-state index in [1.165, 1.54) is 18.2 Å². The standard InChI is InChI=1S/C10H10F3N3O/c11-10(12,13)9(17,6-7-14)16-15-8-4-2-1-3-5-8/h1-5,15-17H,6H2. The van der Waals surface area contributed by atoms with Crippen LogP contribution < -0.4 is 10.9 Å². The topological polar surface area (TPSA) is 68.1 Å². The Balaban J connectivity index is 2.73. The molecule has 0 aliphatic rings. The van der Waals surface area contributed by atoms with E-state index in [9.17, 15) is 18.3 Å².